The lowest BCUT2D eigenvalue weighted by Gasteiger charge is -2.21. The molecule has 10 heteroatoms. The van der Waals surface area contributed by atoms with Crippen LogP contribution in [0.15, 0.2) is 72.2 Å². The minimum absolute atomic E-state index is 0.172. The quantitative estimate of drug-likeness (QED) is 0.365. The molecule has 0 amide bonds. The van der Waals surface area contributed by atoms with Gasteiger partial charge in [0.25, 0.3) is 5.56 Å². The molecule has 1 atom stereocenters. The fraction of sp³-hybridized carbons (Fsp3) is 0.111. The standard InChI is InChI=1S/C27H21FN8O/c1-16-5-3-8-22-23(16)27(37)36(20-7-4-6-18(28)13-20)26(35-22)17(2)34-25-21(24(29)32-15-33-25)10-9-19-14-30-11-12-31-19/h3-8,11-15,17H,1-2H3,(H3,29,32,33,34). The number of nitrogens with zero attached hydrogens (tertiary/aromatic N) is 6. The first kappa shape index (κ1) is 23.6. The number of aryl methyl sites for hydroxylation is 1. The van der Waals surface area contributed by atoms with Gasteiger partial charge in [-0.2, -0.15) is 0 Å². The molecule has 9 nitrogen and oxygen atoms in total. The van der Waals surface area contributed by atoms with Crippen LogP contribution in [0.1, 0.15) is 35.6 Å². The molecular formula is C27H21FN8O. The van der Waals surface area contributed by atoms with Gasteiger partial charge in [-0.05, 0) is 49.6 Å². The molecule has 182 valence electrons. The molecular weight excluding hydrogens is 471 g/mol. The van der Waals surface area contributed by atoms with Gasteiger partial charge in [0.15, 0.2) is 0 Å². The van der Waals surface area contributed by atoms with Crippen molar-refractivity contribution in [1.82, 2.24) is 29.5 Å². The molecule has 37 heavy (non-hydrogen) atoms. The SMILES string of the molecule is Cc1cccc2nc(C(C)Nc3ncnc(N)c3C#Cc3cnccn3)n(-c3cccc(F)c3)c(=O)c12. The Hall–Kier alpha value is -5.17. The first-order chi connectivity index (χ1) is 17.9. The van der Waals surface area contributed by atoms with Crippen LogP contribution in [0.5, 0.6) is 0 Å². The highest BCUT2D eigenvalue weighted by atomic mass is 19.1. The third kappa shape index (κ3) is 4.70. The number of nitrogens with one attached hydrogen (secondary N) is 1. The molecule has 2 aromatic carbocycles. The molecule has 0 aliphatic heterocycles. The Morgan fingerprint density at radius 1 is 1.08 bits per heavy atom. The zero-order valence-corrected chi connectivity index (χ0v) is 20.0. The summed E-state index contributed by atoms with van der Waals surface area (Å²) in [5.74, 6) is 6.27. The molecule has 0 spiro atoms. The molecule has 0 saturated carbocycles. The van der Waals surface area contributed by atoms with Gasteiger partial charge in [0.1, 0.15) is 40.9 Å². The second-order valence-corrected chi connectivity index (χ2v) is 8.25. The molecule has 5 aromatic rings. The Kier molecular flexibility index (Phi) is 6.26. The minimum atomic E-state index is -0.563. The monoisotopic (exact) mass is 492 g/mol. The largest absolute Gasteiger partial charge is 0.382 e. The smallest absolute Gasteiger partial charge is 0.266 e. The number of fused-ring (bicyclic) bond motifs is 1. The van der Waals surface area contributed by atoms with Gasteiger partial charge in [-0.1, -0.05) is 24.1 Å². The maximum atomic E-state index is 14.2. The average molecular weight is 493 g/mol. The van der Waals surface area contributed by atoms with Gasteiger partial charge in [-0.3, -0.25) is 14.3 Å². The highest BCUT2D eigenvalue weighted by Crippen LogP contribution is 2.25. The van der Waals surface area contributed by atoms with Crippen LogP contribution in [0.3, 0.4) is 0 Å². The molecule has 0 radical (unpaired) electrons. The summed E-state index contributed by atoms with van der Waals surface area (Å²) in [5, 5.41) is 3.71. The summed E-state index contributed by atoms with van der Waals surface area (Å²) in [5.41, 5.74) is 8.29. The minimum Gasteiger partial charge on any atom is -0.382 e. The van der Waals surface area contributed by atoms with Gasteiger partial charge in [-0.25, -0.2) is 24.3 Å². The van der Waals surface area contributed by atoms with Crippen LogP contribution in [0.25, 0.3) is 16.6 Å². The fourth-order valence-electron chi connectivity index (χ4n) is 3.96. The summed E-state index contributed by atoms with van der Waals surface area (Å²) in [7, 11) is 0. The predicted molar refractivity (Wildman–Crippen MR) is 139 cm³/mol. The molecule has 0 aliphatic rings. The third-order valence-corrected chi connectivity index (χ3v) is 5.69. The number of benzene rings is 2. The van der Waals surface area contributed by atoms with Gasteiger partial charge in [0, 0.05) is 12.4 Å². The zero-order chi connectivity index (χ0) is 25.9. The molecule has 3 aromatic heterocycles. The van der Waals surface area contributed by atoms with E-state index in [1.54, 1.807) is 24.4 Å². The van der Waals surface area contributed by atoms with Crippen molar-refractivity contribution in [3.8, 4) is 17.5 Å². The molecule has 0 bridgehead atoms. The van der Waals surface area contributed by atoms with Gasteiger partial charge in [0.05, 0.1) is 28.8 Å². The first-order valence-electron chi connectivity index (χ1n) is 11.4. The van der Waals surface area contributed by atoms with Crippen molar-refractivity contribution in [2.75, 3.05) is 11.1 Å². The molecule has 1 unspecified atom stereocenters. The van der Waals surface area contributed by atoms with Gasteiger partial charge >= 0.3 is 0 Å². The van der Waals surface area contributed by atoms with Crippen molar-refractivity contribution in [3.05, 3.63) is 106 Å². The van der Waals surface area contributed by atoms with Crippen molar-refractivity contribution in [2.24, 2.45) is 0 Å². The highest BCUT2D eigenvalue weighted by Gasteiger charge is 2.21. The molecule has 5 rings (SSSR count). The summed E-state index contributed by atoms with van der Waals surface area (Å²) < 4.78 is 15.6. The Morgan fingerprint density at radius 2 is 1.92 bits per heavy atom. The fourth-order valence-corrected chi connectivity index (χ4v) is 3.96. The molecule has 0 aliphatic carbocycles. The number of halogens is 1. The number of rotatable bonds is 4. The van der Waals surface area contributed by atoms with E-state index in [9.17, 15) is 9.18 Å². The van der Waals surface area contributed by atoms with Crippen LogP contribution in [0.4, 0.5) is 16.0 Å². The average Bonchev–Trinajstić information content (AvgIpc) is 2.88. The van der Waals surface area contributed by atoms with E-state index in [1.807, 2.05) is 26.0 Å². The second kappa shape index (κ2) is 9.83. The first-order valence-corrected chi connectivity index (χ1v) is 11.4. The number of hydrogen-bond donors (Lipinski definition) is 2. The summed E-state index contributed by atoms with van der Waals surface area (Å²) in [6.07, 6.45) is 5.93. The van der Waals surface area contributed by atoms with E-state index in [1.165, 1.54) is 35.4 Å². The Labute approximate surface area is 211 Å². The molecule has 0 saturated heterocycles. The topological polar surface area (TPSA) is 124 Å². The van der Waals surface area contributed by atoms with Crippen molar-refractivity contribution in [2.45, 2.75) is 19.9 Å². The lowest BCUT2D eigenvalue weighted by molar-refractivity contribution is 0.624. The van der Waals surface area contributed by atoms with Gasteiger partial charge < -0.3 is 11.1 Å². The summed E-state index contributed by atoms with van der Waals surface area (Å²) in [6.45, 7) is 3.66. The van der Waals surface area contributed by atoms with Crippen LogP contribution in [-0.2, 0) is 0 Å². The lowest BCUT2D eigenvalue weighted by atomic mass is 10.1. The summed E-state index contributed by atoms with van der Waals surface area (Å²) >= 11 is 0. The van der Waals surface area contributed by atoms with Crippen LogP contribution in [-0.4, -0.2) is 29.5 Å². The maximum Gasteiger partial charge on any atom is 0.266 e. The van der Waals surface area contributed by atoms with Crippen LogP contribution in [0.2, 0.25) is 0 Å². The van der Waals surface area contributed by atoms with E-state index in [2.05, 4.69) is 37.1 Å². The van der Waals surface area contributed by atoms with Gasteiger partial charge in [0.2, 0.25) is 0 Å². The Bertz CT molecular complexity index is 1740. The molecule has 3 N–H and O–H groups in total. The zero-order valence-electron chi connectivity index (χ0n) is 20.0. The van der Waals surface area contributed by atoms with E-state index in [0.717, 1.165) is 5.56 Å². The van der Waals surface area contributed by atoms with Crippen molar-refractivity contribution in [3.63, 3.8) is 0 Å². The number of anilines is 2. The predicted octanol–water partition coefficient (Wildman–Crippen LogP) is 3.57. The number of nitrogen functional groups attached to an aromatic ring is 1. The van der Waals surface area contributed by atoms with E-state index in [0.29, 0.717) is 39.5 Å². The third-order valence-electron chi connectivity index (χ3n) is 5.69. The maximum absolute atomic E-state index is 14.2. The van der Waals surface area contributed by atoms with Crippen molar-refractivity contribution >= 4 is 22.5 Å². The van der Waals surface area contributed by atoms with Crippen LogP contribution < -0.4 is 16.6 Å². The Balaban J connectivity index is 1.64. The van der Waals surface area contributed by atoms with Crippen LogP contribution in [0, 0.1) is 24.6 Å². The van der Waals surface area contributed by atoms with E-state index >= 15 is 0 Å². The number of hydrogen-bond acceptors (Lipinski definition) is 8. The van der Waals surface area contributed by atoms with Crippen LogP contribution >= 0.6 is 0 Å². The van der Waals surface area contributed by atoms with Gasteiger partial charge in [-0.15, -0.1) is 0 Å². The number of nitrogens with two attached hydrogens (primary N) is 1. The molecule has 0 fully saturated rings. The normalized spacial score (nSPS) is 11.5. The number of aromatic nitrogens is 6. The van der Waals surface area contributed by atoms with Crippen molar-refractivity contribution < 1.29 is 4.39 Å². The highest BCUT2D eigenvalue weighted by molar-refractivity contribution is 5.81. The van der Waals surface area contributed by atoms with Crippen molar-refractivity contribution in [1.29, 1.82) is 0 Å². The summed E-state index contributed by atoms with van der Waals surface area (Å²) in [6, 6.07) is 10.7. The second-order valence-electron chi connectivity index (χ2n) is 8.25. The van der Waals surface area contributed by atoms with E-state index in [4.69, 9.17) is 10.7 Å². The summed E-state index contributed by atoms with van der Waals surface area (Å²) in [4.78, 5) is 35.0. The lowest BCUT2D eigenvalue weighted by Crippen LogP contribution is -2.28. The Morgan fingerprint density at radius 3 is 2.70 bits per heavy atom. The van der Waals surface area contributed by atoms with E-state index < -0.39 is 11.9 Å². The molecule has 3 heterocycles. The van der Waals surface area contributed by atoms with E-state index in [-0.39, 0.29) is 11.4 Å².